The van der Waals surface area contributed by atoms with E-state index in [9.17, 15) is 4.79 Å². The molecule has 2 rings (SSSR count). The number of hydrogen-bond donors (Lipinski definition) is 1. The van der Waals surface area contributed by atoms with E-state index in [0.29, 0.717) is 5.75 Å². The summed E-state index contributed by atoms with van der Waals surface area (Å²) in [6.07, 6.45) is 3.29. The molecule has 0 radical (unpaired) electrons. The van der Waals surface area contributed by atoms with Gasteiger partial charge in [-0.1, -0.05) is 0 Å². The Morgan fingerprint density at radius 3 is 2.93 bits per heavy atom. The Kier molecular flexibility index (Phi) is 2.58. The Hall–Kier alpha value is -1.58. The van der Waals surface area contributed by atoms with E-state index in [-0.39, 0.29) is 11.8 Å². The first-order chi connectivity index (χ1) is 7.24. The minimum absolute atomic E-state index is 0.0126. The lowest BCUT2D eigenvalue weighted by molar-refractivity contribution is -0.145. The number of hydrogen-bond acceptors (Lipinski definition) is 3. The van der Waals surface area contributed by atoms with Gasteiger partial charge < -0.3 is 9.84 Å². The third kappa shape index (κ3) is 1.67. The van der Waals surface area contributed by atoms with Crippen molar-refractivity contribution < 1.29 is 14.6 Å². The number of methoxy groups -OCH3 is 1. The molecule has 1 aliphatic carbocycles. The van der Waals surface area contributed by atoms with Crippen molar-refractivity contribution in [2.75, 3.05) is 7.11 Å². The molecule has 0 aromatic carbocycles. The highest BCUT2D eigenvalue weighted by Crippen LogP contribution is 2.44. The minimum atomic E-state index is -0.737. The molecule has 4 heteroatoms. The van der Waals surface area contributed by atoms with Gasteiger partial charge in [0.25, 0.3) is 0 Å². The van der Waals surface area contributed by atoms with Crippen LogP contribution >= 0.6 is 0 Å². The van der Waals surface area contributed by atoms with E-state index in [1.807, 2.05) is 6.07 Å². The van der Waals surface area contributed by atoms with Crippen LogP contribution in [0.5, 0.6) is 5.75 Å². The molecule has 15 heavy (non-hydrogen) atoms. The zero-order chi connectivity index (χ0) is 10.8. The molecule has 80 valence electrons. The lowest BCUT2D eigenvalue weighted by Crippen LogP contribution is -2.31. The molecule has 0 bridgehead atoms. The fraction of sp³-hybridized carbons (Fsp3) is 0.455. The van der Waals surface area contributed by atoms with Crippen molar-refractivity contribution in [1.82, 2.24) is 4.98 Å². The highest BCUT2D eigenvalue weighted by Gasteiger charge is 2.39. The monoisotopic (exact) mass is 207 g/mol. The van der Waals surface area contributed by atoms with Gasteiger partial charge >= 0.3 is 5.97 Å². The van der Waals surface area contributed by atoms with E-state index in [4.69, 9.17) is 9.84 Å². The summed E-state index contributed by atoms with van der Waals surface area (Å²) in [6, 6.07) is 3.61. The van der Waals surface area contributed by atoms with Crippen molar-refractivity contribution in [2.24, 2.45) is 5.92 Å². The standard InChI is InChI=1S/C11H13NO3/c1-15-9-3-2-6-12-10(9)7-4-5-8(7)11(13)14/h2-3,6-8H,4-5H2,1H3,(H,13,14). The first-order valence-corrected chi connectivity index (χ1v) is 4.95. The number of carboxylic acid groups (broad SMARTS) is 1. The summed E-state index contributed by atoms with van der Waals surface area (Å²) in [4.78, 5) is 15.1. The number of pyridine rings is 1. The molecule has 1 aromatic heterocycles. The van der Waals surface area contributed by atoms with Crippen molar-refractivity contribution in [3.05, 3.63) is 24.0 Å². The van der Waals surface area contributed by atoms with E-state index < -0.39 is 5.97 Å². The van der Waals surface area contributed by atoms with Crippen LogP contribution in [0, 0.1) is 5.92 Å². The summed E-state index contributed by atoms with van der Waals surface area (Å²) in [5, 5.41) is 8.96. The predicted octanol–water partition coefficient (Wildman–Crippen LogP) is 1.67. The zero-order valence-electron chi connectivity index (χ0n) is 8.51. The third-order valence-electron chi connectivity index (χ3n) is 2.96. The predicted molar refractivity (Wildman–Crippen MR) is 53.9 cm³/mol. The maximum Gasteiger partial charge on any atom is 0.307 e. The van der Waals surface area contributed by atoms with Gasteiger partial charge in [-0.05, 0) is 25.0 Å². The Bertz CT molecular complexity index is 378. The second-order valence-electron chi connectivity index (χ2n) is 3.72. The molecule has 2 atom stereocenters. The summed E-state index contributed by atoms with van der Waals surface area (Å²) >= 11 is 0. The minimum Gasteiger partial charge on any atom is -0.495 e. The number of nitrogens with zero attached hydrogens (tertiary/aromatic N) is 1. The van der Waals surface area contributed by atoms with E-state index in [0.717, 1.165) is 18.5 Å². The average Bonchev–Trinajstić information content (AvgIpc) is 2.16. The molecule has 0 saturated heterocycles. The lowest BCUT2D eigenvalue weighted by atomic mass is 9.71. The first-order valence-electron chi connectivity index (χ1n) is 4.95. The first kappa shape index (κ1) is 9.96. The fourth-order valence-electron chi connectivity index (χ4n) is 1.98. The Labute approximate surface area is 87.9 Å². The van der Waals surface area contributed by atoms with E-state index in [1.54, 1.807) is 19.4 Å². The van der Waals surface area contributed by atoms with E-state index >= 15 is 0 Å². The number of aliphatic carboxylic acids is 1. The molecule has 0 aliphatic heterocycles. The average molecular weight is 207 g/mol. The molecule has 1 aliphatic rings. The number of ether oxygens (including phenoxy) is 1. The molecular weight excluding hydrogens is 194 g/mol. The molecule has 1 heterocycles. The SMILES string of the molecule is COc1cccnc1C1CCC1C(=O)O. The lowest BCUT2D eigenvalue weighted by Gasteiger charge is -2.33. The Morgan fingerprint density at radius 2 is 2.40 bits per heavy atom. The molecule has 1 N–H and O–H groups in total. The van der Waals surface area contributed by atoms with Crippen molar-refractivity contribution in [2.45, 2.75) is 18.8 Å². The highest BCUT2D eigenvalue weighted by molar-refractivity contribution is 5.72. The van der Waals surface area contributed by atoms with Crippen LogP contribution in [0.2, 0.25) is 0 Å². The van der Waals surface area contributed by atoms with Crippen LogP contribution in [0.25, 0.3) is 0 Å². The summed E-state index contributed by atoms with van der Waals surface area (Å²) in [5.41, 5.74) is 0.777. The summed E-state index contributed by atoms with van der Waals surface area (Å²) in [6.45, 7) is 0. The van der Waals surface area contributed by atoms with Crippen LogP contribution in [0.3, 0.4) is 0 Å². The summed E-state index contributed by atoms with van der Waals surface area (Å²) < 4.78 is 5.17. The largest absolute Gasteiger partial charge is 0.495 e. The molecule has 1 fully saturated rings. The van der Waals surface area contributed by atoms with Crippen LogP contribution in [0.1, 0.15) is 24.5 Å². The molecule has 0 spiro atoms. The quantitative estimate of drug-likeness (QED) is 0.819. The second kappa shape index (κ2) is 3.88. The van der Waals surface area contributed by atoms with Crippen LogP contribution in [-0.4, -0.2) is 23.2 Å². The van der Waals surface area contributed by atoms with Gasteiger partial charge in [-0.3, -0.25) is 9.78 Å². The summed E-state index contributed by atoms with van der Waals surface area (Å²) in [7, 11) is 1.58. The molecular formula is C11H13NO3. The van der Waals surface area contributed by atoms with Gasteiger partial charge in [0.1, 0.15) is 5.75 Å². The maximum atomic E-state index is 10.9. The van der Waals surface area contributed by atoms with Gasteiger partial charge in [-0.25, -0.2) is 0 Å². The van der Waals surface area contributed by atoms with Crippen molar-refractivity contribution in [1.29, 1.82) is 0 Å². The Morgan fingerprint density at radius 1 is 1.60 bits per heavy atom. The van der Waals surface area contributed by atoms with Crippen molar-refractivity contribution in [3.8, 4) is 5.75 Å². The van der Waals surface area contributed by atoms with E-state index in [1.165, 1.54) is 0 Å². The number of carbonyl (C=O) groups is 1. The number of carboxylic acids is 1. The van der Waals surface area contributed by atoms with Crippen molar-refractivity contribution >= 4 is 5.97 Å². The van der Waals surface area contributed by atoms with Crippen LogP contribution < -0.4 is 4.74 Å². The fourth-order valence-corrected chi connectivity index (χ4v) is 1.98. The number of aromatic nitrogens is 1. The van der Waals surface area contributed by atoms with Gasteiger partial charge in [0.2, 0.25) is 0 Å². The molecule has 2 unspecified atom stereocenters. The third-order valence-corrected chi connectivity index (χ3v) is 2.96. The van der Waals surface area contributed by atoms with E-state index in [2.05, 4.69) is 4.98 Å². The second-order valence-corrected chi connectivity index (χ2v) is 3.72. The molecule has 1 aromatic rings. The van der Waals surface area contributed by atoms with Gasteiger partial charge in [0.15, 0.2) is 0 Å². The van der Waals surface area contributed by atoms with Crippen LogP contribution in [0.15, 0.2) is 18.3 Å². The highest BCUT2D eigenvalue weighted by atomic mass is 16.5. The topological polar surface area (TPSA) is 59.4 Å². The Balaban J connectivity index is 2.26. The summed E-state index contributed by atoms with van der Waals surface area (Å²) in [5.74, 6) is -0.333. The van der Waals surface area contributed by atoms with Crippen LogP contribution in [-0.2, 0) is 4.79 Å². The van der Waals surface area contributed by atoms with Gasteiger partial charge in [0.05, 0.1) is 18.7 Å². The van der Waals surface area contributed by atoms with Crippen LogP contribution in [0.4, 0.5) is 0 Å². The van der Waals surface area contributed by atoms with Gasteiger partial charge in [-0.2, -0.15) is 0 Å². The smallest absolute Gasteiger partial charge is 0.307 e. The molecule has 4 nitrogen and oxygen atoms in total. The number of rotatable bonds is 3. The molecule has 1 saturated carbocycles. The van der Waals surface area contributed by atoms with Gasteiger partial charge in [0, 0.05) is 12.1 Å². The zero-order valence-corrected chi connectivity index (χ0v) is 8.51. The van der Waals surface area contributed by atoms with Crippen molar-refractivity contribution in [3.63, 3.8) is 0 Å². The molecule has 0 amide bonds. The normalized spacial score (nSPS) is 24.3. The maximum absolute atomic E-state index is 10.9. The van der Waals surface area contributed by atoms with Gasteiger partial charge in [-0.15, -0.1) is 0 Å².